The Morgan fingerprint density at radius 2 is 2.00 bits per heavy atom. The van der Waals surface area contributed by atoms with Crippen molar-refractivity contribution in [2.24, 2.45) is 11.7 Å². The van der Waals surface area contributed by atoms with E-state index in [1.54, 1.807) is 0 Å². The maximum Gasteiger partial charge on any atom is 0.254 e. The standard InChI is InChI=1S/C17H26N2O/c1-12-9-13(10-18)11-19(12)16(20)14-7-5-6-8-15(14)17(2,3)4/h5-8,12-13H,9-11,18H2,1-4H3. The zero-order valence-electron chi connectivity index (χ0n) is 13.0. The highest BCUT2D eigenvalue weighted by Crippen LogP contribution is 2.29. The van der Waals surface area contributed by atoms with E-state index in [1.807, 2.05) is 23.1 Å². The summed E-state index contributed by atoms with van der Waals surface area (Å²) in [6.07, 6.45) is 1.01. The van der Waals surface area contributed by atoms with E-state index in [1.165, 1.54) is 0 Å². The molecule has 0 saturated carbocycles. The van der Waals surface area contributed by atoms with Crippen LogP contribution in [0.15, 0.2) is 24.3 Å². The summed E-state index contributed by atoms with van der Waals surface area (Å²) in [5.74, 6) is 0.592. The molecule has 0 aliphatic carbocycles. The SMILES string of the molecule is CC1CC(CN)CN1C(=O)c1ccccc1C(C)(C)C. The first-order valence-corrected chi connectivity index (χ1v) is 7.45. The van der Waals surface area contributed by atoms with Gasteiger partial charge in [0.1, 0.15) is 0 Å². The second kappa shape index (κ2) is 5.57. The van der Waals surface area contributed by atoms with E-state index in [2.05, 4.69) is 33.8 Å². The van der Waals surface area contributed by atoms with Crippen molar-refractivity contribution in [3.8, 4) is 0 Å². The summed E-state index contributed by atoms with van der Waals surface area (Å²) in [5, 5.41) is 0. The highest BCUT2D eigenvalue weighted by Gasteiger charge is 2.33. The molecular formula is C17H26N2O. The van der Waals surface area contributed by atoms with E-state index in [0.717, 1.165) is 24.1 Å². The summed E-state index contributed by atoms with van der Waals surface area (Å²) in [6.45, 7) is 10.0. The molecule has 1 fully saturated rings. The lowest BCUT2D eigenvalue weighted by Crippen LogP contribution is -2.36. The number of carbonyl (C=O) groups is 1. The number of nitrogens with two attached hydrogens (primary N) is 1. The molecule has 0 bridgehead atoms. The molecule has 1 heterocycles. The minimum atomic E-state index is -0.0253. The minimum absolute atomic E-state index is 0.0253. The zero-order valence-corrected chi connectivity index (χ0v) is 13.0. The van der Waals surface area contributed by atoms with Crippen molar-refractivity contribution in [1.82, 2.24) is 4.90 Å². The van der Waals surface area contributed by atoms with Gasteiger partial charge in [-0.15, -0.1) is 0 Å². The van der Waals surface area contributed by atoms with E-state index in [9.17, 15) is 4.79 Å². The van der Waals surface area contributed by atoms with Crippen LogP contribution in [0.3, 0.4) is 0 Å². The average Bonchev–Trinajstić information content (AvgIpc) is 2.78. The molecule has 1 aliphatic rings. The first kappa shape index (κ1) is 15.0. The molecule has 2 rings (SSSR count). The van der Waals surface area contributed by atoms with Gasteiger partial charge in [-0.25, -0.2) is 0 Å². The fourth-order valence-electron chi connectivity index (χ4n) is 3.07. The molecule has 0 aromatic heterocycles. The van der Waals surface area contributed by atoms with Crippen LogP contribution >= 0.6 is 0 Å². The van der Waals surface area contributed by atoms with E-state index in [-0.39, 0.29) is 17.4 Å². The predicted molar refractivity (Wildman–Crippen MR) is 82.8 cm³/mol. The van der Waals surface area contributed by atoms with Gasteiger partial charge < -0.3 is 10.6 Å². The van der Waals surface area contributed by atoms with E-state index in [0.29, 0.717) is 12.5 Å². The summed E-state index contributed by atoms with van der Waals surface area (Å²) < 4.78 is 0. The first-order chi connectivity index (χ1) is 9.34. The van der Waals surface area contributed by atoms with Gasteiger partial charge in [-0.3, -0.25) is 4.79 Å². The van der Waals surface area contributed by atoms with Crippen LogP contribution in [0.4, 0.5) is 0 Å². The normalized spacial score (nSPS) is 23.1. The number of hydrogen-bond donors (Lipinski definition) is 1. The average molecular weight is 274 g/mol. The van der Waals surface area contributed by atoms with Crippen LogP contribution in [0.1, 0.15) is 50.0 Å². The largest absolute Gasteiger partial charge is 0.336 e. The van der Waals surface area contributed by atoms with Gasteiger partial charge in [0.25, 0.3) is 5.91 Å². The van der Waals surface area contributed by atoms with Crippen molar-refractivity contribution in [2.75, 3.05) is 13.1 Å². The molecule has 1 aromatic carbocycles. The van der Waals surface area contributed by atoms with Crippen molar-refractivity contribution in [1.29, 1.82) is 0 Å². The molecular weight excluding hydrogens is 248 g/mol. The minimum Gasteiger partial charge on any atom is -0.336 e. The smallest absolute Gasteiger partial charge is 0.254 e. The number of rotatable bonds is 2. The van der Waals surface area contributed by atoms with Crippen LogP contribution in [0.25, 0.3) is 0 Å². The lowest BCUT2D eigenvalue weighted by atomic mass is 9.83. The second-order valence-electron chi connectivity index (χ2n) is 6.94. The molecule has 0 spiro atoms. The summed E-state index contributed by atoms with van der Waals surface area (Å²) in [5.41, 5.74) is 7.69. The van der Waals surface area contributed by atoms with Gasteiger partial charge in [0.15, 0.2) is 0 Å². The van der Waals surface area contributed by atoms with E-state index >= 15 is 0 Å². The van der Waals surface area contributed by atoms with Gasteiger partial charge in [-0.2, -0.15) is 0 Å². The maximum absolute atomic E-state index is 12.9. The predicted octanol–water partition coefficient (Wildman–Crippen LogP) is 2.79. The quantitative estimate of drug-likeness (QED) is 0.901. The van der Waals surface area contributed by atoms with Crippen LogP contribution in [-0.2, 0) is 5.41 Å². The van der Waals surface area contributed by atoms with Gasteiger partial charge in [-0.1, -0.05) is 39.0 Å². The molecule has 20 heavy (non-hydrogen) atoms. The molecule has 2 atom stereocenters. The molecule has 3 nitrogen and oxygen atoms in total. The van der Waals surface area contributed by atoms with Gasteiger partial charge >= 0.3 is 0 Å². The van der Waals surface area contributed by atoms with Crippen molar-refractivity contribution < 1.29 is 4.79 Å². The Labute approximate surface area is 122 Å². The van der Waals surface area contributed by atoms with Gasteiger partial charge in [-0.05, 0) is 42.9 Å². The number of benzene rings is 1. The monoisotopic (exact) mass is 274 g/mol. The Bertz CT molecular complexity index is 490. The Hall–Kier alpha value is -1.35. The maximum atomic E-state index is 12.9. The molecule has 2 unspecified atom stereocenters. The summed E-state index contributed by atoms with van der Waals surface area (Å²) in [6, 6.07) is 8.25. The van der Waals surface area contributed by atoms with Crippen LogP contribution in [-0.4, -0.2) is 29.9 Å². The fraction of sp³-hybridized carbons (Fsp3) is 0.588. The summed E-state index contributed by atoms with van der Waals surface area (Å²) in [4.78, 5) is 14.9. The molecule has 1 saturated heterocycles. The van der Waals surface area contributed by atoms with Crippen molar-refractivity contribution in [3.63, 3.8) is 0 Å². The summed E-state index contributed by atoms with van der Waals surface area (Å²) >= 11 is 0. The topological polar surface area (TPSA) is 46.3 Å². The Kier molecular flexibility index (Phi) is 4.19. The summed E-state index contributed by atoms with van der Waals surface area (Å²) in [7, 11) is 0. The van der Waals surface area contributed by atoms with Gasteiger partial charge in [0, 0.05) is 18.2 Å². The molecule has 1 amide bonds. The first-order valence-electron chi connectivity index (χ1n) is 7.45. The van der Waals surface area contributed by atoms with Gasteiger partial charge in [0.05, 0.1) is 0 Å². The molecule has 110 valence electrons. The lowest BCUT2D eigenvalue weighted by molar-refractivity contribution is 0.0741. The molecule has 1 aromatic rings. The third kappa shape index (κ3) is 2.88. The van der Waals surface area contributed by atoms with Crippen LogP contribution in [0.5, 0.6) is 0 Å². The van der Waals surface area contributed by atoms with Crippen LogP contribution in [0.2, 0.25) is 0 Å². The lowest BCUT2D eigenvalue weighted by Gasteiger charge is -2.27. The molecule has 1 aliphatic heterocycles. The molecule has 0 radical (unpaired) electrons. The van der Waals surface area contributed by atoms with E-state index < -0.39 is 0 Å². The molecule has 2 N–H and O–H groups in total. The van der Waals surface area contributed by atoms with Crippen LogP contribution in [0, 0.1) is 5.92 Å². The Morgan fingerprint density at radius 3 is 2.55 bits per heavy atom. The van der Waals surface area contributed by atoms with Crippen molar-refractivity contribution in [3.05, 3.63) is 35.4 Å². The second-order valence-corrected chi connectivity index (χ2v) is 6.94. The highest BCUT2D eigenvalue weighted by molar-refractivity contribution is 5.96. The Morgan fingerprint density at radius 1 is 1.35 bits per heavy atom. The van der Waals surface area contributed by atoms with Crippen LogP contribution < -0.4 is 5.73 Å². The fourth-order valence-corrected chi connectivity index (χ4v) is 3.07. The van der Waals surface area contributed by atoms with Crippen molar-refractivity contribution >= 4 is 5.91 Å². The third-order valence-corrected chi connectivity index (χ3v) is 4.22. The number of nitrogens with zero attached hydrogens (tertiary/aromatic N) is 1. The number of carbonyl (C=O) groups excluding carboxylic acids is 1. The van der Waals surface area contributed by atoms with E-state index in [4.69, 9.17) is 5.73 Å². The third-order valence-electron chi connectivity index (χ3n) is 4.22. The number of hydrogen-bond acceptors (Lipinski definition) is 2. The van der Waals surface area contributed by atoms with Gasteiger partial charge in [0.2, 0.25) is 0 Å². The van der Waals surface area contributed by atoms with Crippen molar-refractivity contribution in [2.45, 2.75) is 45.6 Å². The number of amides is 1. The Balaban J connectivity index is 2.31. The number of likely N-dealkylation sites (tertiary alicyclic amines) is 1. The zero-order chi connectivity index (χ0) is 14.9. The molecule has 3 heteroatoms. The highest BCUT2D eigenvalue weighted by atomic mass is 16.2.